The molecule has 0 aliphatic heterocycles. The van der Waals surface area contributed by atoms with Crippen LogP contribution in [-0.4, -0.2) is 18.9 Å². The second-order valence-electron chi connectivity index (χ2n) is 3.49. The number of alkyl carbamates (subject to hydrolysis) is 1. The van der Waals surface area contributed by atoms with Crippen LogP contribution < -0.4 is 5.32 Å². The van der Waals surface area contributed by atoms with Gasteiger partial charge in [0.2, 0.25) is 0 Å². The van der Waals surface area contributed by atoms with Gasteiger partial charge in [0.05, 0.1) is 6.10 Å². The highest BCUT2D eigenvalue weighted by Crippen LogP contribution is 2.00. The van der Waals surface area contributed by atoms with Gasteiger partial charge in [-0.1, -0.05) is 36.4 Å². The number of rotatable bonds is 6. The molecule has 0 aliphatic rings. The van der Waals surface area contributed by atoms with Crippen LogP contribution in [0.1, 0.15) is 12.5 Å². The predicted octanol–water partition coefficient (Wildman–Crippen LogP) is 2.46. The summed E-state index contributed by atoms with van der Waals surface area (Å²) in [6.45, 7) is 5.77. The van der Waals surface area contributed by atoms with Crippen LogP contribution in [0.4, 0.5) is 4.79 Å². The van der Waals surface area contributed by atoms with E-state index in [1.807, 2.05) is 37.3 Å². The topological polar surface area (TPSA) is 47.6 Å². The molecule has 1 aromatic rings. The number of amides is 1. The molecule has 0 fully saturated rings. The molecule has 0 bridgehead atoms. The van der Waals surface area contributed by atoms with Gasteiger partial charge in [-0.15, -0.1) is 6.58 Å². The fraction of sp³-hybridized carbons (Fsp3) is 0.308. The zero-order valence-corrected chi connectivity index (χ0v) is 9.89. The van der Waals surface area contributed by atoms with E-state index in [1.165, 1.54) is 0 Å². The zero-order valence-electron chi connectivity index (χ0n) is 9.89. The van der Waals surface area contributed by atoms with E-state index in [2.05, 4.69) is 11.9 Å². The van der Waals surface area contributed by atoms with Crippen molar-refractivity contribution in [1.29, 1.82) is 0 Å². The highest BCUT2D eigenvalue weighted by Gasteiger charge is 2.02. The number of benzene rings is 1. The molecule has 0 saturated carbocycles. The van der Waals surface area contributed by atoms with Crippen LogP contribution in [-0.2, 0) is 16.1 Å². The van der Waals surface area contributed by atoms with Crippen molar-refractivity contribution in [1.82, 2.24) is 5.32 Å². The van der Waals surface area contributed by atoms with Crippen molar-refractivity contribution < 1.29 is 14.3 Å². The molecule has 92 valence electrons. The molecule has 1 atom stereocenters. The second-order valence-corrected chi connectivity index (χ2v) is 3.49. The Kier molecular flexibility index (Phi) is 5.82. The van der Waals surface area contributed by atoms with Crippen LogP contribution in [0.3, 0.4) is 0 Å². The highest BCUT2D eigenvalue weighted by molar-refractivity contribution is 5.66. The summed E-state index contributed by atoms with van der Waals surface area (Å²) in [5.41, 5.74) is 0.947. The number of carbonyl (C=O) groups is 1. The Labute approximate surface area is 101 Å². The van der Waals surface area contributed by atoms with Crippen molar-refractivity contribution in [3.05, 3.63) is 48.6 Å². The monoisotopic (exact) mass is 235 g/mol. The number of nitrogens with one attached hydrogen (secondary N) is 1. The molecule has 17 heavy (non-hydrogen) atoms. The lowest BCUT2D eigenvalue weighted by molar-refractivity contribution is 0.0704. The fourth-order valence-electron chi connectivity index (χ4n) is 1.07. The van der Waals surface area contributed by atoms with Crippen LogP contribution in [0, 0.1) is 0 Å². The van der Waals surface area contributed by atoms with Gasteiger partial charge in [0.25, 0.3) is 0 Å². The number of hydrogen-bond donors (Lipinski definition) is 1. The molecule has 0 aliphatic carbocycles. The summed E-state index contributed by atoms with van der Waals surface area (Å²) < 4.78 is 10.2. The molecule has 0 saturated heterocycles. The number of ether oxygens (including phenoxy) is 2. The minimum atomic E-state index is -0.495. The first-order valence-corrected chi connectivity index (χ1v) is 5.41. The van der Waals surface area contributed by atoms with E-state index in [-0.39, 0.29) is 19.4 Å². The number of hydrogen-bond acceptors (Lipinski definition) is 3. The quantitative estimate of drug-likeness (QED) is 0.608. The first-order chi connectivity index (χ1) is 8.22. The molecular formula is C13H17NO3. The summed E-state index contributed by atoms with van der Waals surface area (Å²) in [6.07, 6.45) is 1.06. The Morgan fingerprint density at radius 3 is 2.82 bits per heavy atom. The minimum Gasteiger partial charge on any atom is -0.445 e. The normalized spacial score (nSPS) is 11.6. The van der Waals surface area contributed by atoms with E-state index < -0.39 is 6.09 Å². The third-order valence-electron chi connectivity index (χ3n) is 2.11. The van der Waals surface area contributed by atoms with E-state index in [0.29, 0.717) is 0 Å². The van der Waals surface area contributed by atoms with E-state index in [0.717, 1.165) is 5.56 Å². The standard InChI is InChI=1S/C13H17NO3/c1-3-11(2)17-10-14-13(15)16-9-12-7-5-4-6-8-12/h3-8,11H,1,9-10H2,2H3,(H,14,15). The molecule has 1 amide bonds. The maximum atomic E-state index is 11.2. The predicted molar refractivity (Wildman–Crippen MR) is 65.4 cm³/mol. The summed E-state index contributed by atoms with van der Waals surface area (Å²) in [7, 11) is 0. The van der Waals surface area contributed by atoms with Gasteiger partial charge < -0.3 is 9.47 Å². The van der Waals surface area contributed by atoms with Gasteiger partial charge in [-0.25, -0.2) is 4.79 Å². The Morgan fingerprint density at radius 1 is 1.47 bits per heavy atom. The average Bonchev–Trinajstić information content (AvgIpc) is 2.37. The third-order valence-corrected chi connectivity index (χ3v) is 2.11. The Balaban J connectivity index is 2.15. The van der Waals surface area contributed by atoms with E-state index in [9.17, 15) is 4.79 Å². The van der Waals surface area contributed by atoms with Crippen molar-refractivity contribution in [3.8, 4) is 0 Å². The maximum absolute atomic E-state index is 11.2. The molecule has 1 rings (SSSR count). The molecule has 4 heteroatoms. The van der Waals surface area contributed by atoms with Gasteiger partial charge in [-0.05, 0) is 12.5 Å². The van der Waals surface area contributed by atoms with Crippen LogP contribution >= 0.6 is 0 Å². The maximum Gasteiger partial charge on any atom is 0.409 e. The lowest BCUT2D eigenvalue weighted by atomic mass is 10.2. The Bertz CT molecular complexity index is 351. The molecule has 1 aromatic carbocycles. The first kappa shape index (κ1) is 13.3. The van der Waals surface area contributed by atoms with Crippen molar-refractivity contribution >= 4 is 6.09 Å². The molecule has 1 unspecified atom stereocenters. The van der Waals surface area contributed by atoms with Crippen LogP contribution in [0.15, 0.2) is 43.0 Å². The zero-order chi connectivity index (χ0) is 12.5. The molecule has 0 radical (unpaired) electrons. The van der Waals surface area contributed by atoms with Crippen LogP contribution in [0.5, 0.6) is 0 Å². The van der Waals surface area contributed by atoms with Gasteiger partial charge in [-0.3, -0.25) is 5.32 Å². The summed E-state index contributed by atoms with van der Waals surface area (Å²) >= 11 is 0. The van der Waals surface area contributed by atoms with E-state index in [1.54, 1.807) is 6.08 Å². The molecule has 0 aromatic heterocycles. The lowest BCUT2D eigenvalue weighted by Crippen LogP contribution is -2.28. The van der Waals surface area contributed by atoms with E-state index in [4.69, 9.17) is 9.47 Å². The SMILES string of the molecule is C=CC(C)OCNC(=O)OCc1ccccc1. The molecular weight excluding hydrogens is 218 g/mol. The van der Waals surface area contributed by atoms with E-state index >= 15 is 0 Å². The van der Waals surface area contributed by atoms with Gasteiger partial charge in [-0.2, -0.15) is 0 Å². The molecule has 1 N–H and O–H groups in total. The smallest absolute Gasteiger partial charge is 0.409 e. The van der Waals surface area contributed by atoms with Crippen molar-refractivity contribution in [2.45, 2.75) is 19.6 Å². The van der Waals surface area contributed by atoms with Gasteiger partial charge >= 0.3 is 6.09 Å². The molecule has 0 heterocycles. The highest BCUT2D eigenvalue weighted by atomic mass is 16.6. The number of carbonyl (C=O) groups excluding carboxylic acids is 1. The van der Waals surface area contributed by atoms with Gasteiger partial charge in [0, 0.05) is 0 Å². The summed E-state index contributed by atoms with van der Waals surface area (Å²) in [6, 6.07) is 9.48. The second kappa shape index (κ2) is 7.46. The average molecular weight is 235 g/mol. The lowest BCUT2D eigenvalue weighted by Gasteiger charge is -2.10. The van der Waals surface area contributed by atoms with Crippen molar-refractivity contribution in [3.63, 3.8) is 0 Å². The van der Waals surface area contributed by atoms with Crippen LogP contribution in [0.25, 0.3) is 0 Å². The summed E-state index contributed by atoms with van der Waals surface area (Å²) in [4.78, 5) is 11.2. The largest absolute Gasteiger partial charge is 0.445 e. The molecule has 0 spiro atoms. The van der Waals surface area contributed by atoms with Crippen molar-refractivity contribution in [2.75, 3.05) is 6.73 Å². The Morgan fingerprint density at radius 2 is 2.18 bits per heavy atom. The van der Waals surface area contributed by atoms with Crippen LogP contribution in [0.2, 0.25) is 0 Å². The molecule has 4 nitrogen and oxygen atoms in total. The fourth-order valence-corrected chi connectivity index (χ4v) is 1.07. The van der Waals surface area contributed by atoms with Crippen molar-refractivity contribution in [2.24, 2.45) is 0 Å². The van der Waals surface area contributed by atoms with Gasteiger partial charge in [0.15, 0.2) is 0 Å². The summed E-state index contributed by atoms with van der Waals surface area (Å²) in [5.74, 6) is 0. The summed E-state index contributed by atoms with van der Waals surface area (Å²) in [5, 5.41) is 2.49. The minimum absolute atomic E-state index is 0.0931. The third kappa shape index (κ3) is 5.73. The first-order valence-electron chi connectivity index (χ1n) is 5.41. The van der Waals surface area contributed by atoms with Gasteiger partial charge in [0.1, 0.15) is 13.3 Å². The Hall–Kier alpha value is -1.81.